The summed E-state index contributed by atoms with van der Waals surface area (Å²) in [6.07, 6.45) is 1.99. The first-order chi connectivity index (χ1) is 8.86. The second-order valence-corrected chi connectivity index (χ2v) is 6.58. The molecule has 1 aromatic rings. The number of thioether (sulfide) groups is 1. The molecule has 2 nitrogen and oxygen atoms in total. The average Bonchev–Trinajstić information content (AvgIpc) is 2.35. The molecule has 0 bridgehead atoms. The van der Waals surface area contributed by atoms with E-state index in [-0.39, 0.29) is 11.9 Å². The molecule has 0 N–H and O–H groups in total. The predicted octanol–water partition coefficient (Wildman–Crippen LogP) is 4.57. The van der Waals surface area contributed by atoms with E-state index in [1.165, 1.54) is 0 Å². The van der Waals surface area contributed by atoms with Crippen molar-refractivity contribution in [2.75, 3.05) is 12.8 Å². The lowest BCUT2D eigenvalue weighted by Gasteiger charge is -2.29. The third-order valence-electron chi connectivity index (χ3n) is 2.85. The highest BCUT2D eigenvalue weighted by molar-refractivity contribution is 7.98. The lowest BCUT2D eigenvalue weighted by atomic mass is 10.1. The summed E-state index contributed by atoms with van der Waals surface area (Å²) in [5.41, 5.74) is 0.600. The molecule has 0 radical (unpaired) electrons. The van der Waals surface area contributed by atoms with E-state index in [4.69, 9.17) is 11.6 Å². The topological polar surface area (TPSA) is 20.3 Å². The van der Waals surface area contributed by atoms with Gasteiger partial charge in [-0.15, -0.1) is 11.8 Å². The smallest absolute Gasteiger partial charge is 0.255 e. The second-order valence-electron chi connectivity index (χ2n) is 5.29. The van der Waals surface area contributed by atoms with E-state index in [0.717, 1.165) is 11.4 Å². The second kappa shape index (κ2) is 7.20. The van der Waals surface area contributed by atoms with Crippen LogP contribution in [0.4, 0.5) is 0 Å². The van der Waals surface area contributed by atoms with Crippen molar-refractivity contribution in [3.8, 4) is 0 Å². The molecule has 0 aromatic heterocycles. The lowest BCUT2D eigenvalue weighted by Crippen LogP contribution is -2.39. The highest BCUT2D eigenvalue weighted by atomic mass is 35.5. The van der Waals surface area contributed by atoms with Crippen LogP contribution < -0.4 is 0 Å². The van der Waals surface area contributed by atoms with Crippen molar-refractivity contribution in [2.24, 2.45) is 5.92 Å². The van der Waals surface area contributed by atoms with Crippen LogP contribution in [-0.2, 0) is 0 Å². The van der Waals surface area contributed by atoms with E-state index in [1.54, 1.807) is 17.8 Å². The van der Waals surface area contributed by atoms with Gasteiger partial charge in [0.15, 0.2) is 0 Å². The molecule has 0 aliphatic rings. The van der Waals surface area contributed by atoms with Gasteiger partial charge in [0.05, 0.1) is 10.6 Å². The maximum Gasteiger partial charge on any atom is 0.255 e. The molecule has 0 spiro atoms. The molecule has 0 aliphatic heterocycles. The Morgan fingerprint density at radius 2 is 1.95 bits per heavy atom. The van der Waals surface area contributed by atoms with Gasteiger partial charge in [-0.1, -0.05) is 25.4 Å². The molecule has 0 heterocycles. The van der Waals surface area contributed by atoms with Crippen LogP contribution in [0.3, 0.4) is 0 Å². The fourth-order valence-electron chi connectivity index (χ4n) is 1.87. The number of benzene rings is 1. The molecule has 0 unspecified atom stereocenters. The minimum atomic E-state index is 0.0181. The third-order valence-corrected chi connectivity index (χ3v) is 3.90. The van der Waals surface area contributed by atoms with Crippen LogP contribution in [0.5, 0.6) is 0 Å². The van der Waals surface area contributed by atoms with Gasteiger partial charge in [0.2, 0.25) is 0 Å². The molecular weight excluding hydrogens is 278 g/mol. The number of halogens is 1. The fourth-order valence-corrected chi connectivity index (χ4v) is 2.51. The van der Waals surface area contributed by atoms with Crippen molar-refractivity contribution in [1.82, 2.24) is 4.90 Å². The zero-order valence-electron chi connectivity index (χ0n) is 12.2. The molecule has 0 saturated heterocycles. The van der Waals surface area contributed by atoms with E-state index in [1.807, 2.05) is 37.1 Å². The minimum Gasteiger partial charge on any atom is -0.336 e. The van der Waals surface area contributed by atoms with Crippen molar-refractivity contribution in [3.63, 3.8) is 0 Å². The van der Waals surface area contributed by atoms with Gasteiger partial charge >= 0.3 is 0 Å². The Balaban J connectivity index is 3.08. The van der Waals surface area contributed by atoms with Crippen molar-refractivity contribution < 1.29 is 4.79 Å². The van der Waals surface area contributed by atoms with E-state index in [9.17, 15) is 4.79 Å². The maximum absolute atomic E-state index is 12.6. The zero-order valence-corrected chi connectivity index (χ0v) is 13.8. The van der Waals surface area contributed by atoms with Crippen LogP contribution in [0.2, 0.25) is 5.02 Å². The Bertz CT molecular complexity index is 446. The normalized spacial score (nSPS) is 11.2. The summed E-state index contributed by atoms with van der Waals surface area (Å²) in [6, 6.07) is 5.79. The molecule has 106 valence electrons. The van der Waals surface area contributed by atoms with E-state index >= 15 is 0 Å². The van der Waals surface area contributed by atoms with Crippen molar-refractivity contribution in [2.45, 2.75) is 38.6 Å². The summed E-state index contributed by atoms with van der Waals surface area (Å²) in [5.74, 6) is 0.457. The van der Waals surface area contributed by atoms with Crippen LogP contribution >= 0.6 is 23.4 Å². The van der Waals surface area contributed by atoms with Gasteiger partial charge < -0.3 is 4.90 Å². The first-order valence-corrected chi connectivity index (χ1v) is 8.11. The molecule has 4 heteroatoms. The number of amides is 1. The van der Waals surface area contributed by atoms with Gasteiger partial charge in [0.25, 0.3) is 5.91 Å². The number of carbonyl (C=O) groups excluding carboxylic acids is 1. The predicted molar refractivity (Wildman–Crippen MR) is 84.2 cm³/mol. The van der Waals surface area contributed by atoms with Crippen LogP contribution in [0, 0.1) is 5.92 Å². The number of rotatable bonds is 5. The summed E-state index contributed by atoms with van der Waals surface area (Å²) < 4.78 is 0. The van der Waals surface area contributed by atoms with Crippen molar-refractivity contribution in [1.29, 1.82) is 0 Å². The Morgan fingerprint density at radius 3 is 2.42 bits per heavy atom. The summed E-state index contributed by atoms with van der Waals surface area (Å²) in [6.45, 7) is 9.04. The first-order valence-electron chi connectivity index (χ1n) is 6.51. The monoisotopic (exact) mass is 299 g/mol. The molecule has 1 amide bonds. The molecule has 1 rings (SSSR count). The highest BCUT2D eigenvalue weighted by Crippen LogP contribution is 2.25. The first kappa shape index (κ1) is 16.4. The van der Waals surface area contributed by atoms with Gasteiger partial charge in [-0.05, 0) is 44.2 Å². The van der Waals surface area contributed by atoms with Crippen molar-refractivity contribution in [3.05, 3.63) is 28.8 Å². The zero-order chi connectivity index (χ0) is 14.6. The fraction of sp³-hybridized carbons (Fsp3) is 0.533. The van der Waals surface area contributed by atoms with E-state index in [2.05, 4.69) is 13.8 Å². The van der Waals surface area contributed by atoms with Gasteiger partial charge in [-0.2, -0.15) is 0 Å². The maximum atomic E-state index is 12.6. The van der Waals surface area contributed by atoms with Crippen molar-refractivity contribution >= 4 is 29.3 Å². The lowest BCUT2D eigenvalue weighted by molar-refractivity contribution is 0.0682. The molecule has 19 heavy (non-hydrogen) atoms. The molecular formula is C15H22ClNOS. The standard InChI is InChI=1S/C15H22ClNOS/c1-10(2)9-17(11(3)4)15(18)13-8-12(19-5)6-7-14(13)16/h6-8,10-11H,9H2,1-5H3. The van der Waals surface area contributed by atoms with Crippen LogP contribution in [-0.4, -0.2) is 29.6 Å². The summed E-state index contributed by atoms with van der Waals surface area (Å²) >= 11 is 7.79. The summed E-state index contributed by atoms with van der Waals surface area (Å²) in [7, 11) is 0. The number of nitrogens with zero attached hydrogens (tertiary/aromatic N) is 1. The summed E-state index contributed by atoms with van der Waals surface area (Å²) in [5, 5.41) is 0.525. The van der Waals surface area contributed by atoms with Gasteiger partial charge in [-0.3, -0.25) is 4.79 Å². The van der Waals surface area contributed by atoms with Gasteiger partial charge in [-0.25, -0.2) is 0 Å². The Kier molecular flexibility index (Phi) is 6.21. The molecule has 1 aromatic carbocycles. The molecule has 0 saturated carbocycles. The minimum absolute atomic E-state index is 0.0181. The molecule has 0 fully saturated rings. The molecule has 0 atom stereocenters. The third kappa shape index (κ3) is 4.43. The summed E-state index contributed by atoms with van der Waals surface area (Å²) in [4.78, 5) is 15.6. The van der Waals surface area contributed by atoms with Gasteiger partial charge in [0.1, 0.15) is 0 Å². The van der Waals surface area contributed by atoms with Crippen LogP contribution in [0.1, 0.15) is 38.1 Å². The number of hydrogen-bond donors (Lipinski definition) is 0. The average molecular weight is 300 g/mol. The van der Waals surface area contributed by atoms with E-state index < -0.39 is 0 Å². The number of carbonyl (C=O) groups is 1. The van der Waals surface area contributed by atoms with E-state index in [0.29, 0.717) is 16.5 Å². The Labute approximate surface area is 125 Å². The van der Waals surface area contributed by atoms with Crippen LogP contribution in [0.25, 0.3) is 0 Å². The Morgan fingerprint density at radius 1 is 1.32 bits per heavy atom. The van der Waals surface area contributed by atoms with Gasteiger partial charge in [0, 0.05) is 17.5 Å². The number of hydrogen-bond acceptors (Lipinski definition) is 2. The highest BCUT2D eigenvalue weighted by Gasteiger charge is 2.22. The SMILES string of the molecule is CSc1ccc(Cl)c(C(=O)N(CC(C)C)C(C)C)c1. The quantitative estimate of drug-likeness (QED) is 0.742. The van der Waals surface area contributed by atoms with Crippen LogP contribution in [0.15, 0.2) is 23.1 Å². The Hall–Kier alpha value is -0.670. The largest absolute Gasteiger partial charge is 0.336 e. The molecule has 0 aliphatic carbocycles.